The Balaban J connectivity index is 0.00000156. The Morgan fingerprint density at radius 2 is 2.16 bits per heavy atom. The number of fused-ring (bicyclic) bond motifs is 1. The van der Waals surface area contributed by atoms with Gasteiger partial charge >= 0.3 is 0 Å². The second-order valence-corrected chi connectivity index (χ2v) is 5.38. The molecule has 1 aromatic heterocycles. The van der Waals surface area contributed by atoms with Crippen molar-refractivity contribution in [3.63, 3.8) is 0 Å². The zero-order chi connectivity index (χ0) is 16.2. The molecule has 2 heterocycles. The van der Waals surface area contributed by atoms with Crippen molar-refractivity contribution in [3.8, 4) is 17.0 Å². The van der Waals surface area contributed by atoms with E-state index in [-0.39, 0.29) is 37.3 Å². The van der Waals surface area contributed by atoms with Crippen LogP contribution in [0.5, 0.6) is 5.75 Å². The summed E-state index contributed by atoms with van der Waals surface area (Å²) in [4.78, 5) is 16.4. The Labute approximate surface area is 158 Å². The predicted octanol–water partition coefficient (Wildman–Crippen LogP) is 2.44. The SMILES string of the molecule is COCC(N)C(=O)Nc1cccc(-c2ccc3c(c2)CCO3)n1.Cl.Cl. The van der Waals surface area contributed by atoms with Gasteiger partial charge in [-0.2, -0.15) is 0 Å². The number of halogens is 2. The zero-order valence-corrected chi connectivity index (χ0v) is 15.4. The molecule has 1 unspecified atom stereocenters. The first-order valence-electron chi connectivity index (χ1n) is 7.46. The number of nitrogens with two attached hydrogens (primary N) is 1. The molecule has 0 saturated carbocycles. The minimum absolute atomic E-state index is 0. The van der Waals surface area contributed by atoms with Crippen LogP contribution in [0, 0.1) is 0 Å². The molecule has 0 spiro atoms. The highest BCUT2D eigenvalue weighted by Crippen LogP contribution is 2.30. The van der Waals surface area contributed by atoms with Crippen LogP contribution in [0.2, 0.25) is 0 Å². The summed E-state index contributed by atoms with van der Waals surface area (Å²) in [6, 6.07) is 10.8. The van der Waals surface area contributed by atoms with Crippen molar-refractivity contribution in [2.24, 2.45) is 5.73 Å². The molecule has 136 valence electrons. The maximum Gasteiger partial charge on any atom is 0.244 e. The average molecular weight is 386 g/mol. The smallest absolute Gasteiger partial charge is 0.244 e. The van der Waals surface area contributed by atoms with Crippen LogP contribution >= 0.6 is 24.8 Å². The summed E-state index contributed by atoms with van der Waals surface area (Å²) >= 11 is 0. The quantitative estimate of drug-likeness (QED) is 0.825. The van der Waals surface area contributed by atoms with Gasteiger partial charge in [0.1, 0.15) is 17.6 Å². The summed E-state index contributed by atoms with van der Waals surface area (Å²) in [6.07, 6.45) is 0.908. The van der Waals surface area contributed by atoms with Gasteiger partial charge in [0.05, 0.1) is 18.9 Å². The molecule has 1 aromatic carbocycles. The van der Waals surface area contributed by atoms with Crippen LogP contribution in [0.3, 0.4) is 0 Å². The lowest BCUT2D eigenvalue weighted by molar-refractivity contribution is -0.118. The van der Waals surface area contributed by atoms with Gasteiger partial charge in [-0.1, -0.05) is 6.07 Å². The maximum atomic E-state index is 11.9. The second kappa shape index (κ2) is 9.58. The van der Waals surface area contributed by atoms with Crippen LogP contribution in [0.25, 0.3) is 11.3 Å². The van der Waals surface area contributed by atoms with Crippen molar-refractivity contribution in [1.29, 1.82) is 0 Å². The lowest BCUT2D eigenvalue weighted by Crippen LogP contribution is -2.39. The number of amides is 1. The Hall–Kier alpha value is -1.86. The molecule has 6 nitrogen and oxygen atoms in total. The van der Waals surface area contributed by atoms with Gasteiger partial charge in [-0.3, -0.25) is 4.79 Å². The molecule has 25 heavy (non-hydrogen) atoms. The molecular formula is C17H21Cl2N3O3. The minimum Gasteiger partial charge on any atom is -0.493 e. The molecule has 0 saturated heterocycles. The summed E-state index contributed by atoms with van der Waals surface area (Å²) in [6.45, 7) is 0.885. The first-order valence-corrected chi connectivity index (χ1v) is 7.46. The monoisotopic (exact) mass is 385 g/mol. The van der Waals surface area contributed by atoms with Gasteiger partial charge in [-0.25, -0.2) is 4.98 Å². The predicted molar refractivity (Wildman–Crippen MR) is 102 cm³/mol. The van der Waals surface area contributed by atoms with E-state index >= 15 is 0 Å². The van der Waals surface area contributed by atoms with Gasteiger partial charge in [-0.15, -0.1) is 24.8 Å². The fourth-order valence-corrected chi connectivity index (χ4v) is 2.49. The number of nitrogens with zero attached hydrogens (tertiary/aromatic N) is 1. The molecule has 0 fully saturated rings. The van der Waals surface area contributed by atoms with E-state index in [4.69, 9.17) is 15.2 Å². The number of benzene rings is 1. The van der Waals surface area contributed by atoms with E-state index in [9.17, 15) is 4.79 Å². The van der Waals surface area contributed by atoms with Crippen LogP contribution in [0.4, 0.5) is 5.82 Å². The number of ether oxygens (including phenoxy) is 2. The Kier molecular flexibility index (Phi) is 8.12. The van der Waals surface area contributed by atoms with Gasteiger partial charge in [0.2, 0.25) is 5.91 Å². The lowest BCUT2D eigenvalue weighted by Gasteiger charge is -2.11. The molecule has 2 aromatic rings. The van der Waals surface area contributed by atoms with E-state index in [1.807, 2.05) is 24.3 Å². The molecule has 0 radical (unpaired) electrons. The molecule has 1 aliphatic heterocycles. The van der Waals surface area contributed by atoms with Crippen molar-refractivity contribution < 1.29 is 14.3 Å². The topological polar surface area (TPSA) is 86.5 Å². The standard InChI is InChI=1S/C17H19N3O3.2ClH/c1-22-10-13(18)17(21)20-16-4-2-3-14(19-16)11-5-6-15-12(9-11)7-8-23-15;;/h2-6,9,13H,7-8,10,18H2,1H3,(H,19,20,21);2*1H. The molecule has 3 rings (SSSR count). The fourth-order valence-electron chi connectivity index (χ4n) is 2.49. The number of methoxy groups -OCH3 is 1. The highest BCUT2D eigenvalue weighted by molar-refractivity contribution is 5.94. The summed E-state index contributed by atoms with van der Waals surface area (Å²) in [5.41, 5.74) is 8.67. The van der Waals surface area contributed by atoms with Crippen LogP contribution in [-0.4, -0.2) is 37.3 Å². The number of pyridine rings is 1. The van der Waals surface area contributed by atoms with Crippen molar-refractivity contribution in [1.82, 2.24) is 4.98 Å². The lowest BCUT2D eigenvalue weighted by atomic mass is 10.1. The van der Waals surface area contributed by atoms with E-state index < -0.39 is 6.04 Å². The molecule has 1 amide bonds. The number of carbonyl (C=O) groups is 1. The summed E-state index contributed by atoms with van der Waals surface area (Å²) in [7, 11) is 1.50. The third-order valence-electron chi connectivity index (χ3n) is 3.67. The number of nitrogens with one attached hydrogen (secondary N) is 1. The Bertz CT molecular complexity index is 728. The van der Waals surface area contributed by atoms with E-state index in [0.717, 1.165) is 30.0 Å². The van der Waals surface area contributed by atoms with Crippen LogP contribution in [0.15, 0.2) is 36.4 Å². The number of hydrogen-bond donors (Lipinski definition) is 2. The van der Waals surface area contributed by atoms with Crippen molar-refractivity contribution >= 4 is 36.5 Å². The largest absolute Gasteiger partial charge is 0.493 e. The van der Waals surface area contributed by atoms with E-state index in [0.29, 0.717) is 5.82 Å². The van der Waals surface area contributed by atoms with Crippen LogP contribution in [0.1, 0.15) is 5.56 Å². The summed E-state index contributed by atoms with van der Waals surface area (Å²) < 4.78 is 10.4. The molecule has 3 N–H and O–H groups in total. The molecule has 1 atom stereocenters. The molecular weight excluding hydrogens is 365 g/mol. The summed E-state index contributed by atoms with van der Waals surface area (Å²) in [5.74, 6) is 1.08. The average Bonchev–Trinajstić information content (AvgIpc) is 3.03. The van der Waals surface area contributed by atoms with E-state index in [1.54, 1.807) is 6.07 Å². The van der Waals surface area contributed by atoms with E-state index in [1.165, 1.54) is 12.7 Å². The Morgan fingerprint density at radius 1 is 1.36 bits per heavy atom. The number of rotatable bonds is 5. The number of anilines is 1. The van der Waals surface area contributed by atoms with Gasteiger partial charge in [0, 0.05) is 19.1 Å². The maximum absolute atomic E-state index is 11.9. The highest BCUT2D eigenvalue weighted by Gasteiger charge is 2.15. The number of aromatic nitrogens is 1. The van der Waals surface area contributed by atoms with Gasteiger partial charge in [-0.05, 0) is 35.9 Å². The second-order valence-electron chi connectivity index (χ2n) is 5.38. The van der Waals surface area contributed by atoms with Crippen LogP contribution in [-0.2, 0) is 16.0 Å². The first kappa shape index (κ1) is 21.2. The third kappa shape index (κ3) is 5.06. The van der Waals surface area contributed by atoms with Crippen molar-refractivity contribution in [3.05, 3.63) is 42.0 Å². The first-order chi connectivity index (χ1) is 11.2. The normalized spacial score (nSPS) is 12.9. The highest BCUT2D eigenvalue weighted by atomic mass is 35.5. The van der Waals surface area contributed by atoms with Crippen molar-refractivity contribution in [2.75, 3.05) is 25.6 Å². The molecule has 0 bridgehead atoms. The van der Waals surface area contributed by atoms with Gasteiger partial charge in [0.25, 0.3) is 0 Å². The zero-order valence-electron chi connectivity index (χ0n) is 13.7. The molecule has 8 heteroatoms. The minimum atomic E-state index is -0.720. The molecule has 0 aliphatic carbocycles. The summed E-state index contributed by atoms with van der Waals surface area (Å²) in [5, 5.41) is 2.71. The fraction of sp³-hybridized carbons (Fsp3) is 0.294. The van der Waals surface area contributed by atoms with Crippen molar-refractivity contribution in [2.45, 2.75) is 12.5 Å². The van der Waals surface area contributed by atoms with E-state index in [2.05, 4.69) is 16.4 Å². The number of carbonyl (C=O) groups excluding carboxylic acids is 1. The Morgan fingerprint density at radius 3 is 2.92 bits per heavy atom. The number of hydrogen-bond acceptors (Lipinski definition) is 5. The third-order valence-corrected chi connectivity index (χ3v) is 3.67. The van der Waals surface area contributed by atoms with Gasteiger partial charge in [0.15, 0.2) is 0 Å². The van der Waals surface area contributed by atoms with Crippen LogP contribution < -0.4 is 15.8 Å². The molecule has 1 aliphatic rings. The van der Waals surface area contributed by atoms with Gasteiger partial charge < -0.3 is 20.5 Å².